The highest BCUT2D eigenvalue weighted by Crippen LogP contribution is 2.24. The second-order valence-corrected chi connectivity index (χ2v) is 4.54. The fraction of sp³-hybridized carbons (Fsp3) is 0.636. The molecule has 1 aromatic rings. The second kappa shape index (κ2) is 4.79. The van der Waals surface area contributed by atoms with E-state index >= 15 is 0 Å². The zero-order chi connectivity index (χ0) is 10.7. The van der Waals surface area contributed by atoms with Crippen molar-refractivity contribution in [3.05, 3.63) is 27.9 Å². The van der Waals surface area contributed by atoms with Crippen molar-refractivity contribution in [2.24, 2.45) is 5.92 Å². The summed E-state index contributed by atoms with van der Waals surface area (Å²) < 4.78 is 1.69. The molecule has 1 aliphatic rings. The van der Waals surface area contributed by atoms with Gasteiger partial charge in [0.1, 0.15) is 0 Å². The van der Waals surface area contributed by atoms with Crippen LogP contribution in [0.5, 0.6) is 0 Å². The first-order valence-electron chi connectivity index (χ1n) is 5.48. The van der Waals surface area contributed by atoms with Gasteiger partial charge in [0, 0.05) is 18.9 Å². The van der Waals surface area contributed by atoms with Crippen molar-refractivity contribution < 1.29 is 0 Å². The van der Waals surface area contributed by atoms with Gasteiger partial charge < -0.3 is 4.57 Å². The van der Waals surface area contributed by atoms with Crippen LogP contribution in [-0.2, 0) is 6.54 Å². The van der Waals surface area contributed by atoms with Crippen LogP contribution in [0.3, 0.4) is 0 Å². The van der Waals surface area contributed by atoms with Gasteiger partial charge in [0.2, 0.25) is 0 Å². The quantitative estimate of drug-likeness (QED) is 0.777. The van der Waals surface area contributed by atoms with E-state index in [1.165, 1.54) is 32.1 Å². The Labute approximate surface area is 94.1 Å². The molecule has 0 saturated heterocycles. The number of aromatic nitrogens is 2. The molecule has 0 aliphatic heterocycles. The van der Waals surface area contributed by atoms with Crippen molar-refractivity contribution in [3.8, 4) is 0 Å². The van der Waals surface area contributed by atoms with E-state index in [0.717, 1.165) is 6.54 Å². The van der Waals surface area contributed by atoms with Gasteiger partial charge in [-0.15, -0.1) is 0 Å². The molecule has 0 radical (unpaired) electrons. The van der Waals surface area contributed by atoms with Gasteiger partial charge in [-0.05, 0) is 18.8 Å². The molecule has 2 rings (SSSR count). The van der Waals surface area contributed by atoms with Crippen molar-refractivity contribution in [1.29, 1.82) is 0 Å². The molecule has 3 nitrogen and oxygen atoms in total. The normalized spacial score (nSPS) is 17.9. The van der Waals surface area contributed by atoms with Crippen LogP contribution >= 0.6 is 11.6 Å². The first-order valence-corrected chi connectivity index (χ1v) is 5.86. The van der Waals surface area contributed by atoms with E-state index in [2.05, 4.69) is 4.98 Å². The molecule has 4 heteroatoms. The minimum absolute atomic E-state index is 0.0771. The van der Waals surface area contributed by atoms with Gasteiger partial charge in [-0.3, -0.25) is 4.79 Å². The largest absolute Gasteiger partial charge is 0.311 e. The first kappa shape index (κ1) is 10.7. The summed E-state index contributed by atoms with van der Waals surface area (Å²) in [6.07, 6.45) is 9.69. The molecule has 0 aromatic carbocycles. The molecule has 15 heavy (non-hydrogen) atoms. The van der Waals surface area contributed by atoms with Gasteiger partial charge in [0.05, 0.1) is 0 Å². The van der Waals surface area contributed by atoms with Crippen LogP contribution in [0.1, 0.15) is 32.1 Å². The maximum absolute atomic E-state index is 11.6. The van der Waals surface area contributed by atoms with Crippen molar-refractivity contribution in [2.45, 2.75) is 38.6 Å². The van der Waals surface area contributed by atoms with Crippen LogP contribution in [0.2, 0.25) is 5.15 Å². The maximum Gasteiger partial charge on any atom is 0.288 e. The molecule has 0 spiro atoms. The van der Waals surface area contributed by atoms with Crippen molar-refractivity contribution in [1.82, 2.24) is 9.55 Å². The Balaban J connectivity index is 2.09. The molecule has 1 aliphatic carbocycles. The zero-order valence-corrected chi connectivity index (χ0v) is 9.41. The lowest BCUT2D eigenvalue weighted by atomic mass is 9.89. The Morgan fingerprint density at radius 3 is 2.87 bits per heavy atom. The number of halogens is 1. The summed E-state index contributed by atoms with van der Waals surface area (Å²) in [6, 6.07) is 0. The molecule has 1 aromatic heterocycles. The Bertz CT molecular complexity index is 382. The fourth-order valence-corrected chi connectivity index (χ4v) is 2.38. The lowest BCUT2D eigenvalue weighted by molar-refractivity contribution is 0.316. The smallest absolute Gasteiger partial charge is 0.288 e. The molecule has 0 bridgehead atoms. The minimum atomic E-state index is -0.162. The van der Waals surface area contributed by atoms with Crippen LogP contribution in [-0.4, -0.2) is 9.55 Å². The van der Waals surface area contributed by atoms with Crippen molar-refractivity contribution in [2.75, 3.05) is 0 Å². The van der Waals surface area contributed by atoms with Gasteiger partial charge in [0.25, 0.3) is 5.56 Å². The third kappa shape index (κ3) is 2.59. The van der Waals surface area contributed by atoms with Crippen LogP contribution in [0.25, 0.3) is 0 Å². The molecule has 0 N–H and O–H groups in total. The summed E-state index contributed by atoms with van der Waals surface area (Å²) in [4.78, 5) is 15.4. The maximum atomic E-state index is 11.6. The Morgan fingerprint density at radius 1 is 1.40 bits per heavy atom. The average Bonchev–Trinajstić information content (AvgIpc) is 2.26. The summed E-state index contributed by atoms with van der Waals surface area (Å²) in [5.41, 5.74) is -0.162. The van der Waals surface area contributed by atoms with Gasteiger partial charge in [-0.25, -0.2) is 4.98 Å². The summed E-state index contributed by atoms with van der Waals surface area (Å²) in [7, 11) is 0. The second-order valence-electron chi connectivity index (χ2n) is 4.18. The zero-order valence-electron chi connectivity index (χ0n) is 8.66. The van der Waals surface area contributed by atoms with Crippen molar-refractivity contribution >= 4 is 11.6 Å². The SMILES string of the molecule is O=c1c(Cl)nccn1CC1CCCCC1. The first-order chi connectivity index (χ1) is 7.27. The summed E-state index contributed by atoms with van der Waals surface area (Å²) in [6.45, 7) is 0.793. The van der Waals surface area contributed by atoms with E-state index in [9.17, 15) is 4.79 Å². The molecular weight excluding hydrogens is 212 g/mol. The van der Waals surface area contributed by atoms with E-state index in [1.807, 2.05) is 0 Å². The average molecular weight is 227 g/mol. The van der Waals surface area contributed by atoms with Gasteiger partial charge in [-0.2, -0.15) is 0 Å². The Morgan fingerprint density at radius 2 is 2.13 bits per heavy atom. The van der Waals surface area contributed by atoms with E-state index in [0.29, 0.717) is 5.92 Å². The molecule has 82 valence electrons. The predicted octanol–water partition coefficient (Wildman–Crippen LogP) is 2.48. The van der Waals surface area contributed by atoms with Crippen LogP contribution in [0.15, 0.2) is 17.2 Å². The standard InChI is InChI=1S/C11H15ClN2O/c12-10-11(15)14(7-6-13-10)8-9-4-2-1-3-5-9/h6-7,9H,1-5,8H2. The molecule has 1 fully saturated rings. The van der Waals surface area contributed by atoms with E-state index in [-0.39, 0.29) is 10.7 Å². The molecule has 0 atom stereocenters. The summed E-state index contributed by atoms with van der Waals surface area (Å²) in [5, 5.41) is 0.0771. The highest BCUT2D eigenvalue weighted by Gasteiger charge is 2.14. The van der Waals surface area contributed by atoms with Crippen LogP contribution in [0.4, 0.5) is 0 Å². The van der Waals surface area contributed by atoms with Gasteiger partial charge >= 0.3 is 0 Å². The fourth-order valence-electron chi connectivity index (χ4n) is 2.21. The lowest BCUT2D eigenvalue weighted by Gasteiger charge is -2.22. The topological polar surface area (TPSA) is 34.9 Å². The summed E-state index contributed by atoms with van der Waals surface area (Å²) >= 11 is 5.69. The number of hydrogen-bond acceptors (Lipinski definition) is 2. The van der Waals surface area contributed by atoms with Gasteiger partial charge in [-0.1, -0.05) is 30.9 Å². The van der Waals surface area contributed by atoms with Crippen molar-refractivity contribution in [3.63, 3.8) is 0 Å². The highest BCUT2D eigenvalue weighted by molar-refractivity contribution is 6.29. The number of nitrogens with zero attached hydrogens (tertiary/aromatic N) is 2. The number of rotatable bonds is 2. The number of hydrogen-bond donors (Lipinski definition) is 0. The summed E-state index contributed by atoms with van der Waals surface area (Å²) in [5.74, 6) is 0.634. The molecule has 1 saturated carbocycles. The van der Waals surface area contributed by atoms with E-state index < -0.39 is 0 Å². The van der Waals surface area contributed by atoms with Crippen LogP contribution < -0.4 is 5.56 Å². The molecular formula is C11H15ClN2O. The van der Waals surface area contributed by atoms with E-state index in [1.54, 1.807) is 17.0 Å². The molecule has 1 heterocycles. The third-order valence-electron chi connectivity index (χ3n) is 3.05. The lowest BCUT2D eigenvalue weighted by Crippen LogP contribution is -2.25. The van der Waals surface area contributed by atoms with Crippen LogP contribution in [0, 0.1) is 5.92 Å². The monoisotopic (exact) mass is 226 g/mol. The predicted molar refractivity (Wildman–Crippen MR) is 60.1 cm³/mol. The Kier molecular flexibility index (Phi) is 3.41. The highest BCUT2D eigenvalue weighted by atomic mass is 35.5. The molecule has 0 amide bonds. The minimum Gasteiger partial charge on any atom is -0.311 e. The van der Waals surface area contributed by atoms with E-state index in [4.69, 9.17) is 11.6 Å². The molecule has 0 unspecified atom stereocenters. The third-order valence-corrected chi connectivity index (χ3v) is 3.31. The van der Waals surface area contributed by atoms with Gasteiger partial charge in [0.15, 0.2) is 5.15 Å². The Hall–Kier alpha value is -0.830.